The lowest BCUT2D eigenvalue weighted by Crippen LogP contribution is -2.06. The summed E-state index contributed by atoms with van der Waals surface area (Å²) >= 11 is 1.71. The van der Waals surface area contributed by atoms with Gasteiger partial charge in [-0.25, -0.2) is 17.2 Å². The minimum absolute atomic E-state index is 0.221. The number of rotatable bonds is 3. The number of nitrogens with zero attached hydrogens (tertiary/aromatic N) is 1. The van der Waals surface area contributed by atoms with Crippen LogP contribution in [-0.2, 0) is 9.05 Å². The average Bonchev–Trinajstić information content (AvgIpc) is 2.15. The zero-order chi connectivity index (χ0) is 12.5. The van der Waals surface area contributed by atoms with Gasteiger partial charge in [0.1, 0.15) is 5.69 Å². The average molecular weight is 384 g/mol. The summed E-state index contributed by atoms with van der Waals surface area (Å²) in [6.45, 7) is 0. The Bertz CT molecular complexity index is 509. The van der Waals surface area contributed by atoms with Crippen LogP contribution in [0.1, 0.15) is 12.1 Å². The van der Waals surface area contributed by atoms with Gasteiger partial charge in [-0.3, -0.25) is 4.98 Å². The quantitative estimate of drug-likeness (QED) is 0.595. The van der Waals surface area contributed by atoms with Crippen LogP contribution in [0, 0.1) is 3.57 Å². The Kier molecular flexibility index (Phi) is 4.29. The van der Waals surface area contributed by atoms with Crippen molar-refractivity contribution in [3.63, 3.8) is 0 Å². The Hall–Kier alpha value is -0.220. The highest BCUT2D eigenvalue weighted by molar-refractivity contribution is 14.1. The number of pyridine rings is 1. The van der Waals surface area contributed by atoms with Gasteiger partial charge in [-0.1, -0.05) is 0 Å². The van der Waals surface area contributed by atoms with E-state index in [0.29, 0.717) is 0 Å². The molecule has 0 saturated heterocycles. The van der Waals surface area contributed by atoms with Crippen molar-refractivity contribution in [1.29, 1.82) is 0 Å². The number of aromatic nitrogens is 1. The Morgan fingerprint density at radius 2 is 2.12 bits per heavy atom. The van der Waals surface area contributed by atoms with E-state index in [0.717, 1.165) is 13.3 Å². The molecule has 0 saturated carbocycles. The number of alkyl halides is 2. The van der Waals surface area contributed by atoms with E-state index in [-0.39, 0.29) is 9.32 Å². The maximum absolute atomic E-state index is 12.6. The molecule has 0 aromatic carbocycles. The molecule has 1 rings (SSSR count). The number of hydrogen-bond donors (Lipinski definition) is 0. The summed E-state index contributed by atoms with van der Waals surface area (Å²) in [7, 11) is 1.90. The van der Waals surface area contributed by atoms with Crippen LogP contribution in [0.2, 0.25) is 0 Å². The van der Waals surface area contributed by atoms with Crippen LogP contribution >= 0.6 is 33.3 Å². The van der Waals surface area contributed by atoms with E-state index in [1.165, 1.54) is 0 Å². The van der Waals surface area contributed by atoms with Crippen LogP contribution in [0.5, 0.6) is 5.75 Å². The number of ether oxygens (including phenoxy) is 1. The Morgan fingerprint density at radius 3 is 2.50 bits per heavy atom. The van der Waals surface area contributed by atoms with Gasteiger partial charge in [0.2, 0.25) is 0 Å². The predicted molar refractivity (Wildman–Crippen MR) is 61.5 cm³/mol. The van der Waals surface area contributed by atoms with Crippen molar-refractivity contribution >= 4 is 42.3 Å². The summed E-state index contributed by atoms with van der Waals surface area (Å²) in [5, 5.41) is 0. The van der Waals surface area contributed by atoms with Gasteiger partial charge in [0.25, 0.3) is 15.5 Å². The standard InChI is InChI=1S/C7H5ClF2INO3S/c1-15-5-3(11)2-12-4(7(9)10)6(5)16(8,13)14/h2,7H,1H3. The summed E-state index contributed by atoms with van der Waals surface area (Å²) < 4.78 is 52.6. The number of hydrogen-bond acceptors (Lipinski definition) is 4. The van der Waals surface area contributed by atoms with Crippen molar-refractivity contribution < 1.29 is 21.9 Å². The zero-order valence-corrected chi connectivity index (χ0v) is 11.5. The molecule has 1 aromatic rings. The van der Waals surface area contributed by atoms with Crippen LogP contribution in [0.3, 0.4) is 0 Å². The van der Waals surface area contributed by atoms with E-state index in [9.17, 15) is 17.2 Å². The largest absolute Gasteiger partial charge is 0.494 e. The molecule has 0 unspecified atom stereocenters. The van der Waals surface area contributed by atoms with E-state index in [4.69, 9.17) is 15.4 Å². The summed E-state index contributed by atoms with van der Waals surface area (Å²) in [6.07, 6.45) is -1.96. The molecular weight excluding hydrogens is 379 g/mol. The van der Waals surface area contributed by atoms with Crippen LogP contribution in [-0.4, -0.2) is 20.5 Å². The van der Waals surface area contributed by atoms with E-state index < -0.39 is 26.1 Å². The second-order valence-electron chi connectivity index (χ2n) is 2.59. The van der Waals surface area contributed by atoms with Gasteiger partial charge >= 0.3 is 0 Å². The van der Waals surface area contributed by atoms with Crippen molar-refractivity contribution in [2.75, 3.05) is 7.11 Å². The first-order chi connectivity index (χ1) is 7.29. The molecule has 90 valence electrons. The maximum atomic E-state index is 12.6. The van der Waals surface area contributed by atoms with Crippen molar-refractivity contribution in [3.8, 4) is 5.75 Å². The van der Waals surface area contributed by atoms with Crippen LogP contribution in [0.25, 0.3) is 0 Å². The summed E-state index contributed by atoms with van der Waals surface area (Å²) in [5.41, 5.74) is -0.910. The van der Waals surface area contributed by atoms with Gasteiger partial charge in [-0.05, 0) is 22.6 Å². The van der Waals surface area contributed by atoms with Gasteiger partial charge in [0.15, 0.2) is 10.6 Å². The molecule has 1 aromatic heterocycles. The minimum atomic E-state index is -4.34. The van der Waals surface area contributed by atoms with Gasteiger partial charge in [0, 0.05) is 16.9 Å². The second kappa shape index (κ2) is 4.96. The molecule has 16 heavy (non-hydrogen) atoms. The SMILES string of the molecule is COc1c(I)cnc(C(F)F)c1S(=O)(=O)Cl. The van der Waals surface area contributed by atoms with Crippen molar-refractivity contribution in [2.45, 2.75) is 11.3 Å². The lowest BCUT2D eigenvalue weighted by molar-refractivity contribution is 0.141. The summed E-state index contributed by atoms with van der Waals surface area (Å²) in [4.78, 5) is 2.57. The molecule has 0 fully saturated rings. The highest BCUT2D eigenvalue weighted by Crippen LogP contribution is 2.37. The molecule has 1 heterocycles. The van der Waals surface area contributed by atoms with E-state index in [1.807, 2.05) is 0 Å². The fourth-order valence-electron chi connectivity index (χ4n) is 1.05. The molecular formula is C7H5ClF2INO3S. The minimum Gasteiger partial charge on any atom is -0.494 e. The molecule has 0 amide bonds. The first kappa shape index (κ1) is 13.8. The molecule has 0 N–H and O–H groups in total. The third-order valence-electron chi connectivity index (χ3n) is 1.63. The van der Waals surface area contributed by atoms with Crippen molar-refractivity contribution in [2.24, 2.45) is 0 Å². The van der Waals surface area contributed by atoms with Crippen LogP contribution in [0.4, 0.5) is 8.78 Å². The maximum Gasteiger partial charge on any atom is 0.281 e. The number of halogens is 4. The third kappa shape index (κ3) is 2.72. The molecule has 0 radical (unpaired) electrons. The summed E-state index contributed by atoms with van der Waals surface area (Å²) in [6, 6.07) is 0. The molecule has 0 spiro atoms. The Labute approximate surface area is 109 Å². The van der Waals surface area contributed by atoms with Gasteiger partial charge in [-0.2, -0.15) is 0 Å². The van der Waals surface area contributed by atoms with E-state index in [2.05, 4.69) is 4.98 Å². The predicted octanol–water partition coefficient (Wildman–Crippen LogP) is 2.56. The van der Waals surface area contributed by atoms with E-state index in [1.54, 1.807) is 22.6 Å². The van der Waals surface area contributed by atoms with Gasteiger partial charge in [-0.15, -0.1) is 0 Å². The molecule has 0 bridgehead atoms. The monoisotopic (exact) mass is 383 g/mol. The van der Waals surface area contributed by atoms with Crippen LogP contribution < -0.4 is 4.74 Å². The molecule has 0 aliphatic rings. The highest BCUT2D eigenvalue weighted by Gasteiger charge is 2.29. The third-order valence-corrected chi connectivity index (χ3v) is 3.74. The van der Waals surface area contributed by atoms with Crippen molar-refractivity contribution in [3.05, 3.63) is 15.5 Å². The molecule has 0 atom stereocenters. The molecule has 4 nitrogen and oxygen atoms in total. The van der Waals surface area contributed by atoms with Gasteiger partial charge in [0.05, 0.1) is 10.7 Å². The molecule has 0 aliphatic carbocycles. The Balaban J connectivity index is 3.68. The normalized spacial score (nSPS) is 11.9. The zero-order valence-electron chi connectivity index (χ0n) is 7.75. The lowest BCUT2D eigenvalue weighted by Gasteiger charge is -2.11. The highest BCUT2D eigenvalue weighted by atomic mass is 127. The van der Waals surface area contributed by atoms with E-state index >= 15 is 0 Å². The molecule has 0 aliphatic heterocycles. The topological polar surface area (TPSA) is 56.3 Å². The Morgan fingerprint density at radius 1 is 1.56 bits per heavy atom. The fourth-order valence-corrected chi connectivity index (χ4v) is 3.12. The van der Waals surface area contributed by atoms with Crippen LogP contribution in [0.15, 0.2) is 11.1 Å². The van der Waals surface area contributed by atoms with Crippen molar-refractivity contribution in [1.82, 2.24) is 4.98 Å². The first-order valence-electron chi connectivity index (χ1n) is 3.74. The first-order valence-corrected chi connectivity index (χ1v) is 7.13. The summed E-state index contributed by atoms with van der Waals surface area (Å²) in [5.74, 6) is -0.221. The fraction of sp³-hybridized carbons (Fsp3) is 0.286. The number of methoxy groups -OCH3 is 1. The smallest absolute Gasteiger partial charge is 0.281 e. The molecule has 9 heteroatoms. The lowest BCUT2D eigenvalue weighted by atomic mass is 10.3. The van der Waals surface area contributed by atoms with Gasteiger partial charge < -0.3 is 4.74 Å². The second-order valence-corrected chi connectivity index (χ2v) is 6.26.